The number of ether oxygens (including phenoxy) is 1. The van der Waals surface area contributed by atoms with Crippen LogP contribution in [0.25, 0.3) is 0 Å². The zero-order valence-electron chi connectivity index (χ0n) is 15.4. The van der Waals surface area contributed by atoms with E-state index in [4.69, 9.17) is 4.74 Å². The molecule has 2 aromatic rings. The van der Waals surface area contributed by atoms with E-state index in [2.05, 4.69) is 10.3 Å². The summed E-state index contributed by atoms with van der Waals surface area (Å²) in [7, 11) is 1.67. The van der Waals surface area contributed by atoms with Gasteiger partial charge >= 0.3 is 0 Å². The average Bonchev–Trinajstić information content (AvgIpc) is 2.96. The Labute approximate surface area is 155 Å². The van der Waals surface area contributed by atoms with Crippen molar-refractivity contribution >= 4 is 5.91 Å². The molecule has 3 rings (SSSR count). The van der Waals surface area contributed by atoms with Crippen molar-refractivity contribution in [2.24, 2.45) is 0 Å². The number of nitrogens with one attached hydrogen (secondary N) is 1. The molecule has 0 aliphatic carbocycles. The van der Waals surface area contributed by atoms with Crippen LogP contribution in [0.2, 0.25) is 0 Å². The van der Waals surface area contributed by atoms with E-state index < -0.39 is 0 Å². The van der Waals surface area contributed by atoms with Gasteiger partial charge in [0, 0.05) is 24.9 Å². The first-order valence-electron chi connectivity index (χ1n) is 9.27. The number of methoxy groups -OCH3 is 1. The lowest BCUT2D eigenvalue weighted by molar-refractivity contribution is 0.0642. The first-order chi connectivity index (χ1) is 12.8. The number of benzene rings is 1. The molecule has 1 saturated heterocycles. The molecule has 1 aromatic heterocycles. The highest BCUT2D eigenvalue weighted by molar-refractivity contribution is 5.94. The third-order valence-corrected chi connectivity index (χ3v) is 4.79. The molecule has 1 fully saturated rings. The van der Waals surface area contributed by atoms with Gasteiger partial charge in [0.05, 0.1) is 18.8 Å². The van der Waals surface area contributed by atoms with Crippen molar-refractivity contribution < 1.29 is 9.53 Å². The van der Waals surface area contributed by atoms with Crippen LogP contribution in [-0.2, 0) is 17.9 Å². The van der Waals surface area contributed by atoms with E-state index in [1.807, 2.05) is 47.4 Å². The van der Waals surface area contributed by atoms with Crippen LogP contribution in [0.3, 0.4) is 0 Å². The maximum atomic E-state index is 13.4. The van der Waals surface area contributed by atoms with Crippen LogP contribution >= 0.6 is 0 Å². The summed E-state index contributed by atoms with van der Waals surface area (Å²) >= 11 is 0. The first kappa shape index (κ1) is 18.5. The Balaban J connectivity index is 1.85. The van der Waals surface area contributed by atoms with Crippen molar-refractivity contribution in [1.82, 2.24) is 15.2 Å². The van der Waals surface area contributed by atoms with E-state index in [0.29, 0.717) is 18.7 Å². The van der Waals surface area contributed by atoms with Gasteiger partial charge in [-0.2, -0.15) is 0 Å². The van der Waals surface area contributed by atoms with Gasteiger partial charge in [-0.3, -0.25) is 9.78 Å². The Hall–Kier alpha value is -2.24. The minimum Gasteiger partial charge on any atom is -0.380 e. The lowest BCUT2D eigenvalue weighted by Gasteiger charge is -2.31. The highest BCUT2D eigenvalue weighted by Crippen LogP contribution is 2.20. The van der Waals surface area contributed by atoms with Crippen molar-refractivity contribution in [3.63, 3.8) is 0 Å². The van der Waals surface area contributed by atoms with Crippen molar-refractivity contribution in [3.05, 3.63) is 65.5 Å². The summed E-state index contributed by atoms with van der Waals surface area (Å²) in [6.45, 7) is 3.01. The summed E-state index contributed by atoms with van der Waals surface area (Å²) in [5.74, 6) is 0.0699. The van der Waals surface area contributed by atoms with Crippen LogP contribution < -0.4 is 5.32 Å². The predicted molar refractivity (Wildman–Crippen MR) is 102 cm³/mol. The van der Waals surface area contributed by atoms with Crippen LogP contribution in [0.4, 0.5) is 0 Å². The van der Waals surface area contributed by atoms with Crippen molar-refractivity contribution in [1.29, 1.82) is 0 Å². The van der Waals surface area contributed by atoms with Gasteiger partial charge in [-0.1, -0.05) is 18.2 Å². The fourth-order valence-electron chi connectivity index (χ4n) is 3.47. The fourth-order valence-corrected chi connectivity index (χ4v) is 3.47. The molecule has 1 atom stereocenters. The fraction of sp³-hybridized carbons (Fsp3) is 0.429. The maximum absolute atomic E-state index is 13.4. The van der Waals surface area contributed by atoms with E-state index in [9.17, 15) is 4.79 Å². The number of carbonyl (C=O) groups excluding carboxylic acids is 1. The minimum atomic E-state index is 0.0699. The molecule has 1 amide bonds. The molecule has 2 heterocycles. The summed E-state index contributed by atoms with van der Waals surface area (Å²) in [4.78, 5) is 19.8. The second-order valence-corrected chi connectivity index (χ2v) is 6.72. The Morgan fingerprint density at radius 3 is 2.96 bits per heavy atom. The highest BCUT2D eigenvalue weighted by atomic mass is 16.5. The van der Waals surface area contributed by atoms with Gasteiger partial charge in [-0.15, -0.1) is 0 Å². The number of hydrogen-bond acceptors (Lipinski definition) is 4. The molecule has 5 nitrogen and oxygen atoms in total. The molecule has 1 unspecified atom stereocenters. The maximum Gasteiger partial charge on any atom is 0.254 e. The molecule has 5 heteroatoms. The van der Waals surface area contributed by atoms with E-state index in [1.54, 1.807) is 13.3 Å². The molecule has 0 radical (unpaired) electrons. The number of rotatable bonds is 6. The molecule has 1 aliphatic rings. The highest BCUT2D eigenvalue weighted by Gasteiger charge is 2.26. The summed E-state index contributed by atoms with van der Waals surface area (Å²) in [5, 5.41) is 3.43. The number of aromatic nitrogens is 1. The van der Waals surface area contributed by atoms with Crippen molar-refractivity contribution in [2.45, 2.75) is 38.5 Å². The smallest absolute Gasteiger partial charge is 0.254 e. The first-order valence-corrected chi connectivity index (χ1v) is 9.27. The number of carbonyl (C=O) groups is 1. The molecule has 0 saturated carbocycles. The molecule has 138 valence electrons. The molecule has 1 aliphatic heterocycles. The van der Waals surface area contributed by atoms with Gasteiger partial charge < -0.3 is 15.0 Å². The number of amides is 1. The van der Waals surface area contributed by atoms with Crippen molar-refractivity contribution in [3.8, 4) is 0 Å². The number of nitrogens with zero attached hydrogens (tertiary/aromatic N) is 2. The zero-order valence-corrected chi connectivity index (χ0v) is 15.4. The Morgan fingerprint density at radius 1 is 1.23 bits per heavy atom. The third-order valence-electron chi connectivity index (χ3n) is 4.79. The summed E-state index contributed by atoms with van der Waals surface area (Å²) in [6, 6.07) is 13.8. The quantitative estimate of drug-likeness (QED) is 0.867. The van der Waals surface area contributed by atoms with Gasteiger partial charge in [0.15, 0.2) is 0 Å². The minimum absolute atomic E-state index is 0.0699. The largest absolute Gasteiger partial charge is 0.380 e. The molecule has 0 spiro atoms. The Morgan fingerprint density at radius 2 is 2.15 bits per heavy atom. The van der Waals surface area contributed by atoms with E-state index in [1.165, 1.54) is 0 Å². The third kappa shape index (κ3) is 4.90. The predicted octanol–water partition coefficient (Wildman–Crippen LogP) is 3.01. The molecule has 1 N–H and O–H groups in total. The topological polar surface area (TPSA) is 54.5 Å². The van der Waals surface area contributed by atoms with Crippen LogP contribution in [0, 0.1) is 0 Å². The summed E-state index contributed by atoms with van der Waals surface area (Å²) < 4.78 is 5.21. The lowest BCUT2D eigenvalue weighted by atomic mass is 10.0. The second-order valence-electron chi connectivity index (χ2n) is 6.72. The number of hydrogen-bond donors (Lipinski definition) is 1. The van der Waals surface area contributed by atoms with Crippen LogP contribution in [0.1, 0.15) is 40.9 Å². The van der Waals surface area contributed by atoms with E-state index >= 15 is 0 Å². The molecule has 1 aromatic carbocycles. The lowest BCUT2D eigenvalue weighted by Crippen LogP contribution is -2.40. The van der Waals surface area contributed by atoms with Crippen LogP contribution in [0.15, 0.2) is 48.7 Å². The normalized spacial score (nSPS) is 17.5. The van der Waals surface area contributed by atoms with E-state index in [0.717, 1.165) is 43.6 Å². The van der Waals surface area contributed by atoms with E-state index in [-0.39, 0.29) is 11.9 Å². The van der Waals surface area contributed by atoms with Gasteiger partial charge in [0.2, 0.25) is 0 Å². The summed E-state index contributed by atoms with van der Waals surface area (Å²) in [5.41, 5.74) is 2.65. The monoisotopic (exact) mass is 353 g/mol. The van der Waals surface area contributed by atoms with Gasteiger partial charge in [-0.25, -0.2) is 0 Å². The SMILES string of the molecule is COCc1cccc(C(=O)N(Cc2ccccn2)C2CCCNCC2)c1. The van der Waals surface area contributed by atoms with Crippen molar-refractivity contribution in [2.75, 3.05) is 20.2 Å². The van der Waals surface area contributed by atoms with Crippen LogP contribution in [-0.4, -0.2) is 42.0 Å². The van der Waals surface area contributed by atoms with Gasteiger partial charge in [0.25, 0.3) is 5.91 Å². The summed E-state index contributed by atoms with van der Waals surface area (Å²) in [6.07, 6.45) is 4.85. The standard InChI is InChI=1S/C21H27N3O2/c1-26-16-17-6-4-7-18(14-17)21(25)24(15-19-8-2-3-12-23-19)20-9-5-11-22-13-10-20/h2-4,6-8,12,14,20,22H,5,9-11,13,15-16H2,1H3. The van der Waals surface area contributed by atoms with Gasteiger partial charge in [0.1, 0.15) is 0 Å². The second kappa shape index (κ2) is 9.46. The Kier molecular flexibility index (Phi) is 6.75. The number of pyridine rings is 1. The molecular formula is C21H27N3O2. The Bertz CT molecular complexity index is 697. The molecule has 0 bridgehead atoms. The zero-order chi connectivity index (χ0) is 18.2. The van der Waals surface area contributed by atoms with Crippen LogP contribution in [0.5, 0.6) is 0 Å². The molecular weight excluding hydrogens is 326 g/mol. The molecule has 26 heavy (non-hydrogen) atoms. The van der Waals surface area contributed by atoms with Gasteiger partial charge in [-0.05, 0) is 62.2 Å². The average molecular weight is 353 g/mol.